The molecule has 4 aromatic heterocycles. The number of aliphatic carboxylic acids is 1. The average Bonchev–Trinajstić information content (AvgIpc) is 3.52. The molecule has 0 saturated carbocycles. The van der Waals surface area contributed by atoms with Crippen molar-refractivity contribution in [2.24, 2.45) is 14.1 Å². The number of hydrogen-bond donors (Lipinski definition) is 2. The van der Waals surface area contributed by atoms with Crippen molar-refractivity contribution in [3.8, 4) is 0 Å². The molecule has 4 heterocycles. The zero-order valence-corrected chi connectivity index (χ0v) is 27.0. The van der Waals surface area contributed by atoms with Gasteiger partial charge in [-0.1, -0.05) is 0 Å². The van der Waals surface area contributed by atoms with Crippen LogP contribution in [-0.4, -0.2) is 77.2 Å². The minimum atomic E-state index is -4.11. The van der Waals surface area contributed by atoms with E-state index in [1.807, 2.05) is 6.07 Å². The quantitative estimate of drug-likeness (QED) is 0.110. The van der Waals surface area contributed by atoms with Crippen molar-refractivity contribution < 1.29 is 37.1 Å². The lowest BCUT2D eigenvalue weighted by Gasteiger charge is -2.16. The van der Waals surface area contributed by atoms with Crippen LogP contribution in [0.3, 0.4) is 0 Å². The smallest absolute Gasteiger partial charge is 0.417 e. The molecule has 0 saturated heterocycles. The summed E-state index contributed by atoms with van der Waals surface area (Å²) >= 11 is 9.26. The highest BCUT2D eigenvalue weighted by molar-refractivity contribution is 7.99. The molecule has 0 bridgehead atoms. The third kappa shape index (κ3) is 11.1. The Bertz CT molecular complexity index is 1620. The van der Waals surface area contributed by atoms with Crippen LogP contribution in [0.15, 0.2) is 66.6 Å². The van der Waals surface area contributed by atoms with Crippen LogP contribution in [0.2, 0.25) is 0 Å². The number of H-pyrrole nitrogens is 1. The molecule has 0 spiro atoms. The number of halogens is 6. The van der Waals surface area contributed by atoms with Crippen molar-refractivity contribution in [1.29, 1.82) is 0 Å². The maximum absolute atomic E-state index is 12.3. The van der Waals surface area contributed by atoms with Crippen LogP contribution in [0.4, 0.5) is 28.9 Å². The Labute approximate surface area is 274 Å². The molecule has 0 unspecified atom stereocenters. The van der Waals surface area contributed by atoms with Crippen LogP contribution in [0.5, 0.6) is 0 Å². The summed E-state index contributed by atoms with van der Waals surface area (Å²) in [5, 5.41) is 3.36. The van der Waals surface area contributed by atoms with Gasteiger partial charge < -0.3 is 29.0 Å². The number of alkyl halides is 5. The number of carboxylic acid groups (broad SMARTS) is 1. The predicted molar refractivity (Wildman–Crippen MR) is 165 cm³/mol. The van der Waals surface area contributed by atoms with E-state index >= 15 is 0 Å². The van der Waals surface area contributed by atoms with Crippen LogP contribution < -0.4 is 9.80 Å². The number of nitrogens with one attached hydrogen (secondary N) is 1. The van der Waals surface area contributed by atoms with E-state index < -0.39 is 17.1 Å². The molecule has 20 heteroatoms. The fourth-order valence-electron chi connectivity index (χ4n) is 3.10. The zero-order chi connectivity index (χ0) is 33.2. The number of rotatable bonds is 7. The molecule has 4 aromatic rings. The van der Waals surface area contributed by atoms with Gasteiger partial charge in [-0.25, -0.2) is 9.78 Å². The highest BCUT2D eigenvalue weighted by Gasteiger charge is 2.35. The third-order valence-corrected chi connectivity index (χ3v) is 6.82. The summed E-state index contributed by atoms with van der Waals surface area (Å²) in [6.45, 7) is 0. The lowest BCUT2D eigenvalue weighted by molar-refractivity contribution is -0.153. The van der Waals surface area contributed by atoms with Gasteiger partial charge in [-0.05, 0) is 59.8 Å². The summed E-state index contributed by atoms with van der Waals surface area (Å²) in [7, 11) is 6.58. The van der Waals surface area contributed by atoms with Crippen molar-refractivity contribution in [2.75, 3.05) is 23.9 Å². The normalized spacial score (nSPS) is 10.4. The topological polar surface area (TPSA) is 142 Å². The maximum Gasteiger partial charge on any atom is 0.417 e. The summed E-state index contributed by atoms with van der Waals surface area (Å²) in [6.07, 6.45) is 9.35. The average molecular weight is 714 g/mol. The van der Waals surface area contributed by atoms with E-state index in [-0.39, 0.29) is 35.1 Å². The molecule has 0 aliphatic rings. The van der Waals surface area contributed by atoms with Crippen molar-refractivity contribution in [1.82, 2.24) is 29.1 Å². The SMILES string of the molecule is CN(C(=O)c1c[nH]c(=S)n1C)c1cccnc1.CN(C(=O)c1cnc(SC(F)F)n1C)c1cccnc1.Cl.O=C(O)C(F)(F)Cl. The van der Waals surface area contributed by atoms with Crippen LogP contribution in [0.25, 0.3) is 0 Å². The Morgan fingerprint density at radius 2 is 1.44 bits per heavy atom. The van der Waals surface area contributed by atoms with Crippen LogP contribution in [0, 0.1) is 4.77 Å². The molecule has 0 fully saturated rings. The van der Waals surface area contributed by atoms with Crippen LogP contribution >= 0.6 is 48.0 Å². The van der Waals surface area contributed by atoms with Gasteiger partial charge >= 0.3 is 11.4 Å². The lowest BCUT2D eigenvalue weighted by Crippen LogP contribution is -2.28. The first kappa shape index (κ1) is 39.0. The number of hydrogen-bond acceptors (Lipinski definition) is 8. The number of anilines is 2. The molecule has 2 N–H and O–H groups in total. The third-order valence-electron chi connectivity index (χ3n) is 5.49. The Hall–Kier alpha value is -4.00. The number of thioether (sulfide) groups is 1. The molecule has 12 nitrogen and oxygen atoms in total. The Morgan fingerprint density at radius 3 is 1.80 bits per heavy atom. The van der Waals surface area contributed by atoms with E-state index in [1.54, 1.807) is 74.9 Å². The first-order chi connectivity index (χ1) is 20.6. The van der Waals surface area contributed by atoms with Gasteiger partial charge in [0.05, 0.1) is 30.0 Å². The van der Waals surface area contributed by atoms with Crippen LogP contribution in [0.1, 0.15) is 21.0 Å². The highest BCUT2D eigenvalue weighted by atomic mass is 35.5. The van der Waals surface area contributed by atoms with Gasteiger partial charge in [-0.2, -0.15) is 17.6 Å². The van der Waals surface area contributed by atoms with Crippen molar-refractivity contribution in [3.05, 3.63) is 77.6 Å². The molecule has 0 atom stereocenters. The molecule has 4 rings (SSSR count). The number of carboxylic acids is 1. The largest absolute Gasteiger partial charge is 0.476 e. The number of pyridine rings is 2. The molecule has 0 radical (unpaired) electrons. The summed E-state index contributed by atoms with van der Waals surface area (Å²) in [5.74, 6) is -5.37. The fourth-order valence-corrected chi connectivity index (χ4v) is 3.79. The predicted octanol–water partition coefficient (Wildman–Crippen LogP) is 5.49. The maximum atomic E-state index is 12.3. The van der Waals surface area contributed by atoms with Crippen molar-refractivity contribution in [3.63, 3.8) is 0 Å². The van der Waals surface area contributed by atoms with Crippen molar-refractivity contribution in [2.45, 2.75) is 16.3 Å². The number of carbonyl (C=O) groups excluding carboxylic acids is 2. The summed E-state index contributed by atoms with van der Waals surface area (Å²) in [6, 6.07) is 7.05. The Kier molecular flexibility index (Phi) is 15.2. The number of carbonyl (C=O) groups is 3. The van der Waals surface area contributed by atoms with Gasteiger partial charge in [0.2, 0.25) is 0 Å². The molecular formula is C25H26Cl2F4N8O4S2. The van der Waals surface area contributed by atoms with Gasteiger partial charge in [0.15, 0.2) is 9.93 Å². The van der Waals surface area contributed by atoms with Gasteiger partial charge in [0, 0.05) is 46.8 Å². The van der Waals surface area contributed by atoms with E-state index in [0.717, 1.165) is 5.69 Å². The number of aromatic nitrogens is 6. The van der Waals surface area contributed by atoms with Gasteiger partial charge in [0.25, 0.3) is 17.6 Å². The first-order valence-corrected chi connectivity index (χ1v) is 13.6. The van der Waals surface area contributed by atoms with E-state index in [0.29, 0.717) is 27.9 Å². The van der Waals surface area contributed by atoms with Crippen LogP contribution in [-0.2, 0) is 18.9 Å². The lowest BCUT2D eigenvalue weighted by atomic mass is 10.3. The number of nitrogens with zero attached hydrogens (tertiary/aromatic N) is 7. The molecule has 0 aliphatic carbocycles. The number of amides is 2. The first-order valence-electron chi connectivity index (χ1n) is 11.9. The van der Waals surface area contributed by atoms with E-state index in [1.165, 1.54) is 27.6 Å². The number of imidazole rings is 2. The van der Waals surface area contributed by atoms with E-state index in [9.17, 15) is 27.2 Å². The van der Waals surface area contributed by atoms with Gasteiger partial charge in [-0.3, -0.25) is 19.6 Å². The second kappa shape index (κ2) is 17.5. The molecule has 45 heavy (non-hydrogen) atoms. The monoisotopic (exact) mass is 712 g/mol. The minimum absolute atomic E-state index is 0. The zero-order valence-electron chi connectivity index (χ0n) is 23.8. The van der Waals surface area contributed by atoms with Gasteiger partial charge in [0.1, 0.15) is 11.4 Å². The van der Waals surface area contributed by atoms with Gasteiger partial charge in [-0.15, -0.1) is 12.4 Å². The Morgan fingerprint density at radius 1 is 0.978 bits per heavy atom. The molecular weight excluding hydrogens is 687 g/mol. The Balaban J connectivity index is 0.000000369. The summed E-state index contributed by atoms with van der Waals surface area (Å²) < 4.78 is 50.2. The second-order valence-corrected chi connectivity index (χ2v) is 10.2. The fraction of sp³-hybridized carbons (Fsp3) is 0.240. The minimum Gasteiger partial charge on any atom is -0.476 e. The standard InChI is InChI=1S/C12H12F2N4OS.C11H12N4OS.C2HClF2O2.ClH/c1-17(8-4-3-5-15-6-8)10(19)9-7-16-12(18(9)2)20-11(13)14;1-14(8-4-3-5-12-6-8)10(16)9-7-13-11(17)15(9)2;3-2(4,5)1(6)7;/h3-7,11H,1-2H3;3-7H,1-2H3,(H,13,17);(H,6,7);1H. The second-order valence-electron chi connectivity index (χ2n) is 8.36. The molecule has 0 aliphatic heterocycles. The summed E-state index contributed by atoms with van der Waals surface area (Å²) in [4.78, 5) is 51.1. The molecule has 0 aromatic carbocycles. The summed E-state index contributed by atoms with van der Waals surface area (Å²) in [5.41, 5.74) is 2.10. The molecule has 2 amide bonds. The number of aromatic amines is 1. The molecule has 244 valence electrons. The highest BCUT2D eigenvalue weighted by Crippen LogP contribution is 2.25. The van der Waals surface area contributed by atoms with E-state index in [4.69, 9.17) is 22.1 Å². The van der Waals surface area contributed by atoms with E-state index in [2.05, 4.69) is 31.5 Å². The van der Waals surface area contributed by atoms with Crippen molar-refractivity contribution >= 4 is 77.1 Å².